The number of ether oxygens (including phenoxy) is 2. The van der Waals surface area contributed by atoms with Crippen LogP contribution in [0, 0.1) is 0 Å². The lowest BCUT2D eigenvalue weighted by molar-refractivity contribution is 0.136. The predicted octanol–water partition coefficient (Wildman–Crippen LogP) is 7.54. The number of carbonyl (C=O) groups excluding carboxylic acids is 2. The number of anilines is 1. The van der Waals surface area contributed by atoms with E-state index in [4.69, 9.17) is 79.1 Å². The number of carbonyl (C=O) groups is 2. The Labute approximate surface area is 237 Å². The average molecular weight is 617 g/mol. The molecule has 2 heterocycles. The summed E-state index contributed by atoms with van der Waals surface area (Å²) in [6.45, 7) is 4.46. The maximum absolute atomic E-state index is 13.1. The van der Waals surface area contributed by atoms with Crippen LogP contribution in [0.25, 0.3) is 16.6 Å². The van der Waals surface area contributed by atoms with Crippen molar-refractivity contribution in [2.45, 2.75) is 33.8 Å². The maximum Gasteiger partial charge on any atom is 0.425 e. The summed E-state index contributed by atoms with van der Waals surface area (Å²) in [4.78, 5) is 31.1. The summed E-state index contributed by atoms with van der Waals surface area (Å²) in [5, 5.41) is 5.45. The van der Waals surface area contributed by atoms with E-state index >= 15 is 0 Å². The smallest absolute Gasteiger partial charge is 0.425 e. The second-order valence-corrected chi connectivity index (χ2v) is 13.6. The Hall–Kier alpha value is -1.68. The van der Waals surface area contributed by atoms with Crippen LogP contribution in [0.2, 0.25) is 0 Å². The van der Waals surface area contributed by atoms with Gasteiger partial charge >= 0.3 is 12.2 Å². The summed E-state index contributed by atoms with van der Waals surface area (Å²) >= 11 is 34.3. The Morgan fingerprint density at radius 3 is 2.03 bits per heavy atom. The van der Waals surface area contributed by atoms with Gasteiger partial charge in [-0.25, -0.2) is 14.3 Å². The van der Waals surface area contributed by atoms with Gasteiger partial charge in [0.25, 0.3) is 0 Å². The van der Waals surface area contributed by atoms with Crippen LogP contribution in [0.1, 0.15) is 26.5 Å². The van der Waals surface area contributed by atoms with E-state index in [1.54, 1.807) is 36.5 Å². The van der Waals surface area contributed by atoms with Crippen molar-refractivity contribution in [3.8, 4) is 5.69 Å². The molecule has 0 unspecified atom stereocenters. The van der Waals surface area contributed by atoms with Crippen LogP contribution in [0.15, 0.2) is 42.6 Å². The van der Waals surface area contributed by atoms with Crippen molar-refractivity contribution in [1.82, 2.24) is 14.8 Å². The number of hydrogen-bond acceptors (Lipinski definition) is 6. The number of hydrogen-bond donors (Lipinski definition) is 0. The molecule has 0 N–H and O–H groups in total. The molecule has 194 valence electrons. The molecule has 3 aromatic rings. The molecule has 0 atom stereocenters. The minimum atomic E-state index is -1.93. The Morgan fingerprint density at radius 1 is 0.917 bits per heavy atom. The van der Waals surface area contributed by atoms with Crippen LogP contribution in [0.5, 0.6) is 0 Å². The molecule has 0 spiro atoms. The highest BCUT2D eigenvalue weighted by Crippen LogP contribution is 2.32. The number of imide groups is 1. The number of benzene rings is 1. The van der Waals surface area contributed by atoms with Gasteiger partial charge in [-0.2, -0.15) is 10.00 Å². The average Bonchev–Trinajstić information content (AvgIpc) is 3.20. The van der Waals surface area contributed by atoms with Gasteiger partial charge in [0.2, 0.25) is 7.59 Å². The first-order chi connectivity index (χ1) is 16.5. The van der Waals surface area contributed by atoms with Gasteiger partial charge in [-0.05, 0) is 24.3 Å². The maximum atomic E-state index is 13.1. The Kier molecular flexibility index (Phi) is 8.80. The third-order valence-electron chi connectivity index (χ3n) is 4.60. The van der Waals surface area contributed by atoms with Gasteiger partial charge in [0.05, 0.1) is 16.9 Å². The summed E-state index contributed by atoms with van der Waals surface area (Å²) in [7, 11) is 0. The van der Waals surface area contributed by atoms with Gasteiger partial charge in [0, 0.05) is 23.1 Å². The lowest BCUT2D eigenvalue weighted by Crippen LogP contribution is -2.41. The van der Waals surface area contributed by atoms with Crippen LogP contribution >= 0.6 is 69.6 Å². The van der Waals surface area contributed by atoms with Crippen LogP contribution in [0.3, 0.4) is 0 Å². The summed E-state index contributed by atoms with van der Waals surface area (Å²) < 4.78 is 7.68. The van der Waals surface area contributed by atoms with E-state index < -0.39 is 38.4 Å². The number of nitrogens with zero attached hydrogens (tertiary/aromatic N) is 4. The van der Waals surface area contributed by atoms with Crippen LogP contribution in [-0.2, 0) is 14.9 Å². The van der Waals surface area contributed by atoms with Crippen molar-refractivity contribution in [2.24, 2.45) is 0 Å². The summed E-state index contributed by atoms with van der Waals surface area (Å²) in [6.07, 6.45) is -0.721. The third-order valence-corrected chi connectivity index (χ3v) is 5.26. The van der Waals surface area contributed by atoms with Crippen LogP contribution < -0.4 is 4.90 Å². The van der Waals surface area contributed by atoms with Crippen molar-refractivity contribution in [2.75, 3.05) is 18.1 Å². The topological polar surface area (TPSA) is 86.5 Å². The van der Waals surface area contributed by atoms with E-state index in [9.17, 15) is 9.59 Å². The second-order valence-electron chi connectivity index (χ2n) is 8.60. The molecule has 2 aromatic heterocycles. The number of halogens is 6. The van der Waals surface area contributed by atoms with E-state index in [-0.39, 0.29) is 5.82 Å². The van der Waals surface area contributed by atoms with Crippen LogP contribution in [0.4, 0.5) is 15.4 Å². The molecule has 8 nitrogen and oxygen atoms in total. The van der Waals surface area contributed by atoms with Crippen molar-refractivity contribution >= 4 is 98.5 Å². The molecule has 36 heavy (non-hydrogen) atoms. The van der Waals surface area contributed by atoms with Gasteiger partial charge < -0.3 is 9.47 Å². The quantitative estimate of drug-likeness (QED) is 0.282. The van der Waals surface area contributed by atoms with Gasteiger partial charge in [0.15, 0.2) is 5.82 Å². The highest BCUT2D eigenvalue weighted by molar-refractivity contribution is 6.68. The van der Waals surface area contributed by atoms with Crippen LogP contribution in [-0.4, -0.2) is 47.7 Å². The number of rotatable bonds is 4. The molecule has 0 aliphatic heterocycles. The fourth-order valence-electron chi connectivity index (χ4n) is 2.96. The van der Waals surface area contributed by atoms with Crippen molar-refractivity contribution in [3.63, 3.8) is 0 Å². The minimum absolute atomic E-state index is 0.00759. The molecule has 0 fully saturated rings. The zero-order chi connectivity index (χ0) is 26.9. The largest absolute Gasteiger partial charge is 0.444 e. The zero-order valence-electron chi connectivity index (χ0n) is 19.1. The number of amides is 2. The first-order valence-electron chi connectivity index (χ1n) is 10.3. The Bertz CT molecular complexity index is 1230. The molecular formula is C22H20Cl6N4O4. The monoisotopic (exact) mass is 614 g/mol. The van der Waals surface area contributed by atoms with Crippen molar-refractivity contribution in [3.05, 3.63) is 48.3 Å². The molecule has 0 saturated carbocycles. The fraction of sp³-hybridized carbons (Fsp3) is 0.364. The molecule has 3 rings (SSSR count). The minimum Gasteiger partial charge on any atom is -0.444 e. The first-order valence-corrected chi connectivity index (χ1v) is 12.5. The molecule has 0 saturated heterocycles. The van der Waals surface area contributed by atoms with E-state index in [1.807, 2.05) is 26.8 Å². The van der Waals surface area contributed by atoms with Crippen molar-refractivity contribution < 1.29 is 19.1 Å². The standard InChI is InChI=1S/C22H20Cl6N4O4/c1-20(2,3)16-10-17(32(30-16)14-6-7-15-13(9-14)5-4-8-29-15)31(18(33)35-11-21(23,24)25)19(34)36-12-22(26,27)28/h4-10H,11-12H2,1-3H3. The first kappa shape index (κ1) is 28.9. The van der Waals surface area contributed by atoms with E-state index in [1.165, 1.54) is 4.68 Å². The predicted molar refractivity (Wildman–Crippen MR) is 143 cm³/mol. The van der Waals surface area contributed by atoms with Crippen molar-refractivity contribution in [1.29, 1.82) is 0 Å². The van der Waals surface area contributed by atoms with E-state index in [0.29, 0.717) is 16.3 Å². The molecule has 0 radical (unpaired) electrons. The normalized spacial score (nSPS) is 12.5. The lowest BCUT2D eigenvalue weighted by atomic mass is 9.92. The third kappa shape index (κ3) is 7.66. The number of alkyl halides is 6. The molecule has 14 heteroatoms. The van der Waals surface area contributed by atoms with Gasteiger partial charge in [-0.1, -0.05) is 96.4 Å². The second kappa shape index (κ2) is 11.0. The number of pyridine rings is 1. The highest BCUT2D eigenvalue weighted by Gasteiger charge is 2.36. The number of aromatic nitrogens is 3. The van der Waals surface area contributed by atoms with Gasteiger partial charge in [0.1, 0.15) is 13.2 Å². The molecular weight excluding hydrogens is 597 g/mol. The highest BCUT2D eigenvalue weighted by atomic mass is 35.6. The Balaban J connectivity index is 2.15. The van der Waals surface area contributed by atoms with Gasteiger partial charge in [-0.3, -0.25) is 4.98 Å². The van der Waals surface area contributed by atoms with Gasteiger partial charge in [-0.15, -0.1) is 0 Å². The number of fused-ring (bicyclic) bond motifs is 1. The molecule has 0 aliphatic carbocycles. The summed E-state index contributed by atoms with van der Waals surface area (Å²) in [6, 6.07) is 10.5. The fourth-order valence-corrected chi connectivity index (χ4v) is 3.29. The molecule has 0 bridgehead atoms. The lowest BCUT2D eigenvalue weighted by Gasteiger charge is -2.22. The summed E-state index contributed by atoms with van der Waals surface area (Å²) in [5.74, 6) is -0.00759. The SMILES string of the molecule is CC(C)(C)c1cc(N(C(=O)OCC(Cl)(Cl)Cl)C(=O)OCC(Cl)(Cl)Cl)n(-c2ccc3ncccc3c2)n1. The molecule has 1 aromatic carbocycles. The summed E-state index contributed by atoms with van der Waals surface area (Å²) in [5.41, 5.74) is 1.35. The van der Waals surface area contributed by atoms with E-state index in [0.717, 1.165) is 10.9 Å². The molecule has 2 amide bonds. The zero-order valence-corrected chi connectivity index (χ0v) is 23.7. The Morgan fingerprint density at radius 2 is 1.50 bits per heavy atom. The molecule has 0 aliphatic rings. The van der Waals surface area contributed by atoms with E-state index in [2.05, 4.69) is 10.1 Å².